The van der Waals surface area contributed by atoms with Gasteiger partial charge in [0.05, 0.1) is 7.11 Å². The number of rotatable bonds is 6. The van der Waals surface area contributed by atoms with E-state index >= 15 is 0 Å². The fourth-order valence-corrected chi connectivity index (χ4v) is 2.47. The van der Waals surface area contributed by atoms with E-state index < -0.39 is 0 Å². The molecule has 0 saturated carbocycles. The molecule has 0 spiro atoms. The van der Waals surface area contributed by atoms with Crippen LogP contribution in [-0.2, 0) is 6.54 Å². The predicted molar refractivity (Wildman–Crippen MR) is 103 cm³/mol. The van der Waals surface area contributed by atoms with Crippen LogP contribution in [0.2, 0.25) is 5.02 Å². The van der Waals surface area contributed by atoms with Crippen LogP contribution in [0.1, 0.15) is 16.1 Å². The summed E-state index contributed by atoms with van der Waals surface area (Å²) < 4.78 is 5.12. The molecule has 1 aromatic heterocycles. The fourth-order valence-electron chi connectivity index (χ4n) is 2.35. The molecular weight excluding hydrogens is 350 g/mol. The Balaban J connectivity index is 1.62. The zero-order chi connectivity index (χ0) is 18.4. The molecule has 1 amide bonds. The van der Waals surface area contributed by atoms with Gasteiger partial charge in [-0.1, -0.05) is 23.7 Å². The van der Waals surface area contributed by atoms with Gasteiger partial charge < -0.3 is 15.4 Å². The number of halogens is 1. The maximum atomic E-state index is 12.3. The first-order valence-corrected chi connectivity index (χ1v) is 8.41. The lowest BCUT2D eigenvalue weighted by Crippen LogP contribution is -2.23. The van der Waals surface area contributed by atoms with Gasteiger partial charge in [0.2, 0.25) is 0 Å². The van der Waals surface area contributed by atoms with Gasteiger partial charge in [0.15, 0.2) is 0 Å². The van der Waals surface area contributed by atoms with Crippen LogP contribution in [0.5, 0.6) is 5.75 Å². The van der Waals surface area contributed by atoms with E-state index in [0.717, 1.165) is 22.7 Å². The van der Waals surface area contributed by atoms with Gasteiger partial charge in [0.1, 0.15) is 11.4 Å². The zero-order valence-corrected chi connectivity index (χ0v) is 15.0. The van der Waals surface area contributed by atoms with E-state index in [0.29, 0.717) is 17.3 Å². The Morgan fingerprint density at radius 2 is 1.77 bits per heavy atom. The third-order valence-corrected chi connectivity index (χ3v) is 3.99. The predicted octanol–water partition coefficient (Wildman–Crippen LogP) is 4.42. The molecule has 0 bridgehead atoms. The van der Waals surface area contributed by atoms with Crippen LogP contribution in [-0.4, -0.2) is 18.0 Å². The molecule has 0 radical (unpaired) electrons. The highest BCUT2D eigenvalue weighted by atomic mass is 35.5. The maximum absolute atomic E-state index is 12.3. The minimum absolute atomic E-state index is 0.236. The van der Waals surface area contributed by atoms with Gasteiger partial charge in [0, 0.05) is 29.1 Å². The summed E-state index contributed by atoms with van der Waals surface area (Å²) >= 11 is 5.89. The summed E-state index contributed by atoms with van der Waals surface area (Å²) in [7, 11) is 1.62. The van der Waals surface area contributed by atoms with Crippen molar-refractivity contribution in [3.8, 4) is 5.75 Å². The number of aromatic nitrogens is 1. The Kier molecular flexibility index (Phi) is 5.71. The van der Waals surface area contributed by atoms with Gasteiger partial charge in [-0.15, -0.1) is 0 Å². The van der Waals surface area contributed by atoms with Gasteiger partial charge in [-0.3, -0.25) is 9.78 Å². The second-order valence-electron chi connectivity index (χ2n) is 5.59. The lowest BCUT2D eigenvalue weighted by atomic mass is 10.2. The number of anilines is 2. The summed E-state index contributed by atoms with van der Waals surface area (Å²) in [6, 6.07) is 18.4. The molecule has 0 saturated heterocycles. The number of amides is 1. The number of benzene rings is 2. The van der Waals surface area contributed by atoms with Crippen LogP contribution >= 0.6 is 11.6 Å². The standard InChI is InChI=1S/C20H18ClN3O2/c1-26-18-8-2-14(3-9-18)13-23-20(25)19-12-17(10-11-22-19)24-16-6-4-15(21)5-7-16/h2-12H,13H2,1H3,(H,22,24)(H,23,25). The van der Waals surface area contributed by atoms with Crippen molar-refractivity contribution in [3.63, 3.8) is 0 Å². The molecule has 0 fully saturated rings. The van der Waals surface area contributed by atoms with Crippen molar-refractivity contribution in [3.05, 3.63) is 83.1 Å². The molecule has 5 nitrogen and oxygen atoms in total. The molecular formula is C20H18ClN3O2. The van der Waals surface area contributed by atoms with Gasteiger partial charge in [-0.25, -0.2) is 0 Å². The summed E-state index contributed by atoms with van der Waals surface area (Å²) in [6.45, 7) is 0.416. The second kappa shape index (κ2) is 8.36. The number of ether oxygens (including phenoxy) is 1. The van der Waals surface area contributed by atoms with Gasteiger partial charge in [0.25, 0.3) is 5.91 Å². The van der Waals surface area contributed by atoms with Crippen LogP contribution < -0.4 is 15.4 Å². The van der Waals surface area contributed by atoms with E-state index in [9.17, 15) is 4.79 Å². The van der Waals surface area contributed by atoms with E-state index in [-0.39, 0.29) is 5.91 Å². The molecule has 2 aromatic carbocycles. The van der Waals surface area contributed by atoms with E-state index in [1.807, 2.05) is 36.4 Å². The minimum Gasteiger partial charge on any atom is -0.497 e. The smallest absolute Gasteiger partial charge is 0.270 e. The molecule has 3 rings (SSSR count). The lowest BCUT2D eigenvalue weighted by molar-refractivity contribution is 0.0946. The summed E-state index contributed by atoms with van der Waals surface area (Å²) in [5.74, 6) is 0.545. The lowest BCUT2D eigenvalue weighted by Gasteiger charge is -2.09. The fraction of sp³-hybridized carbons (Fsp3) is 0.100. The third-order valence-electron chi connectivity index (χ3n) is 3.74. The van der Waals surface area contributed by atoms with Gasteiger partial charge in [-0.05, 0) is 54.1 Å². The van der Waals surface area contributed by atoms with Crippen molar-refractivity contribution in [2.75, 3.05) is 12.4 Å². The first-order chi connectivity index (χ1) is 12.6. The second-order valence-corrected chi connectivity index (χ2v) is 6.03. The first kappa shape index (κ1) is 17.8. The Bertz CT molecular complexity index is 880. The third kappa shape index (κ3) is 4.74. The number of methoxy groups -OCH3 is 1. The molecule has 0 aliphatic rings. The topological polar surface area (TPSA) is 63.2 Å². The van der Waals surface area contributed by atoms with Crippen molar-refractivity contribution >= 4 is 28.9 Å². The number of carbonyl (C=O) groups is 1. The maximum Gasteiger partial charge on any atom is 0.270 e. The van der Waals surface area contributed by atoms with E-state index in [1.54, 1.807) is 37.6 Å². The molecule has 3 aromatic rings. The van der Waals surface area contributed by atoms with Crippen LogP contribution in [0.3, 0.4) is 0 Å². The molecule has 1 heterocycles. The van der Waals surface area contributed by atoms with E-state index in [1.165, 1.54) is 0 Å². The number of hydrogen-bond acceptors (Lipinski definition) is 4. The van der Waals surface area contributed by atoms with Crippen molar-refractivity contribution in [2.24, 2.45) is 0 Å². The van der Waals surface area contributed by atoms with Crippen LogP contribution in [0, 0.1) is 0 Å². The average molecular weight is 368 g/mol. The molecule has 0 atom stereocenters. The highest BCUT2D eigenvalue weighted by Crippen LogP contribution is 2.19. The minimum atomic E-state index is -0.236. The molecule has 26 heavy (non-hydrogen) atoms. The van der Waals surface area contributed by atoms with E-state index in [2.05, 4.69) is 15.6 Å². The van der Waals surface area contributed by atoms with Crippen molar-refractivity contribution in [1.29, 1.82) is 0 Å². The van der Waals surface area contributed by atoms with E-state index in [4.69, 9.17) is 16.3 Å². The van der Waals surface area contributed by atoms with Gasteiger partial charge >= 0.3 is 0 Å². The Labute approximate surface area is 157 Å². The average Bonchev–Trinajstić information content (AvgIpc) is 2.68. The largest absolute Gasteiger partial charge is 0.497 e. The number of carbonyl (C=O) groups excluding carboxylic acids is 1. The monoisotopic (exact) mass is 367 g/mol. The van der Waals surface area contributed by atoms with Crippen LogP contribution in [0.25, 0.3) is 0 Å². The Hall–Kier alpha value is -3.05. The summed E-state index contributed by atoms with van der Waals surface area (Å²) in [4.78, 5) is 16.5. The van der Waals surface area contributed by atoms with Crippen molar-refractivity contribution in [1.82, 2.24) is 10.3 Å². The number of hydrogen-bond donors (Lipinski definition) is 2. The molecule has 0 aliphatic carbocycles. The SMILES string of the molecule is COc1ccc(CNC(=O)c2cc(Nc3ccc(Cl)cc3)ccn2)cc1. The molecule has 0 aliphatic heterocycles. The molecule has 0 unspecified atom stereocenters. The van der Waals surface area contributed by atoms with Crippen LogP contribution in [0.4, 0.5) is 11.4 Å². The highest BCUT2D eigenvalue weighted by Gasteiger charge is 2.08. The quantitative estimate of drug-likeness (QED) is 0.677. The van der Waals surface area contributed by atoms with Crippen molar-refractivity contribution in [2.45, 2.75) is 6.54 Å². The van der Waals surface area contributed by atoms with Crippen molar-refractivity contribution < 1.29 is 9.53 Å². The summed E-state index contributed by atoms with van der Waals surface area (Å²) in [5.41, 5.74) is 2.98. The Morgan fingerprint density at radius 1 is 1.04 bits per heavy atom. The molecule has 6 heteroatoms. The number of nitrogens with zero attached hydrogens (tertiary/aromatic N) is 1. The Morgan fingerprint density at radius 3 is 2.46 bits per heavy atom. The summed E-state index contributed by atoms with van der Waals surface area (Å²) in [6.07, 6.45) is 1.60. The van der Waals surface area contributed by atoms with Crippen LogP contribution in [0.15, 0.2) is 66.9 Å². The first-order valence-electron chi connectivity index (χ1n) is 8.04. The molecule has 132 valence electrons. The highest BCUT2D eigenvalue weighted by molar-refractivity contribution is 6.30. The number of nitrogens with one attached hydrogen (secondary N) is 2. The van der Waals surface area contributed by atoms with Gasteiger partial charge in [-0.2, -0.15) is 0 Å². The normalized spacial score (nSPS) is 10.2. The summed E-state index contributed by atoms with van der Waals surface area (Å²) in [5, 5.41) is 6.75. The zero-order valence-electron chi connectivity index (χ0n) is 14.2. The number of pyridine rings is 1. The molecule has 2 N–H and O–H groups in total.